The third kappa shape index (κ3) is 2.84. The normalized spacial score (nSPS) is 10.9. The monoisotopic (exact) mass is 343 g/mol. The van der Waals surface area contributed by atoms with Gasteiger partial charge in [-0.1, -0.05) is 18.2 Å². The fourth-order valence-electron chi connectivity index (χ4n) is 3.00. The molecule has 2 heterocycles. The number of benzene rings is 2. The van der Waals surface area contributed by atoms with Crippen LogP contribution in [0.1, 0.15) is 22.3 Å². The molecule has 0 saturated heterocycles. The number of hydrogen-bond acceptors (Lipinski definition) is 3. The van der Waals surface area contributed by atoms with Crippen molar-refractivity contribution in [2.24, 2.45) is 0 Å². The fourth-order valence-corrected chi connectivity index (χ4v) is 3.72. The molecule has 0 radical (unpaired) electrons. The van der Waals surface area contributed by atoms with Crippen molar-refractivity contribution in [2.45, 2.75) is 20.4 Å². The van der Waals surface area contributed by atoms with Crippen LogP contribution in [0.15, 0.2) is 53.9 Å². The third-order valence-corrected chi connectivity index (χ3v) is 5.39. The van der Waals surface area contributed by atoms with Crippen LogP contribution in [0.25, 0.3) is 21.7 Å². The Kier molecular flexibility index (Phi) is 3.87. The highest BCUT2D eigenvalue weighted by atomic mass is 32.1. The molecule has 0 atom stereocenters. The predicted molar refractivity (Wildman–Crippen MR) is 103 cm³/mol. The first kappa shape index (κ1) is 15.6. The van der Waals surface area contributed by atoms with Crippen molar-refractivity contribution in [2.75, 3.05) is 0 Å². The Balaban J connectivity index is 1.88. The molecule has 0 unspecified atom stereocenters. The molecule has 2 aromatic heterocycles. The molecule has 0 aliphatic carbocycles. The Hall–Kier alpha value is -2.90. The molecule has 0 amide bonds. The van der Waals surface area contributed by atoms with Crippen molar-refractivity contribution in [3.8, 4) is 16.8 Å². The molecule has 0 bridgehead atoms. The van der Waals surface area contributed by atoms with Gasteiger partial charge in [-0.2, -0.15) is 5.26 Å². The van der Waals surface area contributed by atoms with E-state index in [9.17, 15) is 0 Å². The van der Waals surface area contributed by atoms with E-state index in [0.717, 1.165) is 29.0 Å². The minimum atomic E-state index is 0.684. The van der Waals surface area contributed by atoms with E-state index in [4.69, 9.17) is 10.2 Å². The summed E-state index contributed by atoms with van der Waals surface area (Å²) in [6.45, 7) is 5.00. The van der Waals surface area contributed by atoms with Gasteiger partial charge in [0.25, 0.3) is 0 Å². The van der Waals surface area contributed by atoms with Gasteiger partial charge in [0.05, 0.1) is 27.5 Å². The molecule has 0 fully saturated rings. The maximum Gasteiger partial charge on any atom is 0.151 e. The van der Waals surface area contributed by atoms with Crippen LogP contribution in [0.2, 0.25) is 0 Å². The number of aromatic nitrogens is 2. The van der Waals surface area contributed by atoms with E-state index in [0.29, 0.717) is 5.56 Å². The second kappa shape index (κ2) is 6.19. The molecule has 3 nitrogen and oxygen atoms in total. The van der Waals surface area contributed by atoms with Crippen molar-refractivity contribution >= 4 is 22.4 Å². The topological polar surface area (TPSA) is 41.6 Å². The van der Waals surface area contributed by atoms with Gasteiger partial charge in [0.15, 0.2) is 5.82 Å². The van der Waals surface area contributed by atoms with Crippen LogP contribution in [0.5, 0.6) is 0 Å². The number of hydrogen-bond donors (Lipinski definition) is 0. The van der Waals surface area contributed by atoms with E-state index in [2.05, 4.69) is 54.1 Å². The van der Waals surface area contributed by atoms with Crippen LogP contribution < -0.4 is 0 Å². The molecule has 0 N–H and O–H groups in total. The van der Waals surface area contributed by atoms with Crippen LogP contribution in [-0.4, -0.2) is 9.55 Å². The highest BCUT2D eigenvalue weighted by Gasteiger charge is 2.15. The molecular formula is C21H17N3S. The summed E-state index contributed by atoms with van der Waals surface area (Å²) in [6.07, 6.45) is 0. The average Bonchev–Trinajstić information content (AvgIpc) is 3.25. The Morgan fingerprint density at radius 1 is 1.08 bits per heavy atom. The Morgan fingerprint density at radius 2 is 1.84 bits per heavy atom. The number of rotatable bonds is 3. The van der Waals surface area contributed by atoms with E-state index < -0.39 is 0 Å². The highest BCUT2D eigenvalue weighted by molar-refractivity contribution is 7.13. The SMILES string of the molecule is Cc1cc2nc(-c3cccs3)n(Cc3ccc(C#N)cc3)c2cc1C. The van der Waals surface area contributed by atoms with Gasteiger partial charge in [0, 0.05) is 6.54 Å². The smallest absolute Gasteiger partial charge is 0.151 e. The lowest BCUT2D eigenvalue weighted by molar-refractivity contribution is 0.836. The Bertz CT molecular complexity index is 1080. The molecular weight excluding hydrogens is 326 g/mol. The number of fused-ring (bicyclic) bond motifs is 1. The molecule has 2 aromatic carbocycles. The van der Waals surface area contributed by atoms with E-state index in [1.807, 2.05) is 24.3 Å². The van der Waals surface area contributed by atoms with Gasteiger partial charge in [-0.25, -0.2) is 4.98 Å². The summed E-state index contributed by atoms with van der Waals surface area (Å²) < 4.78 is 2.27. The molecule has 25 heavy (non-hydrogen) atoms. The van der Waals surface area contributed by atoms with Gasteiger partial charge in [0.2, 0.25) is 0 Å². The zero-order valence-electron chi connectivity index (χ0n) is 14.2. The maximum absolute atomic E-state index is 8.99. The summed E-state index contributed by atoms with van der Waals surface area (Å²) in [5.74, 6) is 0.999. The van der Waals surface area contributed by atoms with Gasteiger partial charge < -0.3 is 4.57 Å². The van der Waals surface area contributed by atoms with Crippen LogP contribution in [0, 0.1) is 25.2 Å². The first-order valence-corrected chi connectivity index (χ1v) is 9.04. The van der Waals surface area contributed by atoms with E-state index >= 15 is 0 Å². The van der Waals surface area contributed by atoms with Gasteiger partial charge in [-0.15, -0.1) is 11.3 Å². The largest absolute Gasteiger partial charge is 0.319 e. The third-order valence-electron chi connectivity index (χ3n) is 4.53. The van der Waals surface area contributed by atoms with Gasteiger partial charge in [0.1, 0.15) is 0 Å². The molecule has 0 aliphatic rings. The zero-order chi connectivity index (χ0) is 17.4. The summed E-state index contributed by atoms with van der Waals surface area (Å²) in [7, 11) is 0. The van der Waals surface area contributed by atoms with Gasteiger partial charge in [-0.05, 0) is 66.2 Å². The summed E-state index contributed by atoms with van der Waals surface area (Å²) in [5.41, 5.74) is 6.55. The van der Waals surface area contributed by atoms with Crippen LogP contribution in [0.4, 0.5) is 0 Å². The number of nitriles is 1. The maximum atomic E-state index is 8.99. The van der Waals surface area contributed by atoms with Crippen molar-refractivity contribution in [3.05, 3.63) is 76.2 Å². The van der Waals surface area contributed by atoms with Crippen molar-refractivity contribution in [1.82, 2.24) is 9.55 Å². The zero-order valence-corrected chi connectivity index (χ0v) is 15.0. The average molecular weight is 343 g/mol. The predicted octanol–water partition coefficient (Wildman–Crippen LogP) is 5.30. The molecule has 4 aromatic rings. The highest BCUT2D eigenvalue weighted by Crippen LogP contribution is 2.30. The lowest BCUT2D eigenvalue weighted by atomic mass is 10.1. The molecule has 4 heteroatoms. The van der Waals surface area contributed by atoms with E-state index in [-0.39, 0.29) is 0 Å². The van der Waals surface area contributed by atoms with E-state index in [1.54, 1.807) is 11.3 Å². The Morgan fingerprint density at radius 3 is 2.52 bits per heavy atom. The summed E-state index contributed by atoms with van der Waals surface area (Å²) in [5, 5.41) is 11.1. The van der Waals surface area contributed by atoms with Gasteiger partial charge >= 0.3 is 0 Å². The van der Waals surface area contributed by atoms with Crippen LogP contribution >= 0.6 is 11.3 Å². The second-order valence-corrected chi connectivity index (χ2v) is 7.18. The molecule has 122 valence electrons. The van der Waals surface area contributed by atoms with Crippen molar-refractivity contribution in [1.29, 1.82) is 5.26 Å². The second-order valence-electron chi connectivity index (χ2n) is 6.23. The molecule has 4 rings (SSSR count). The number of imidazole rings is 1. The molecule has 0 aliphatic heterocycles. The van der Waals surface area contributed by atoms with Crippen LogP contribution in [-0.2, 0) is 6.54 Å². The van der Waals surface area contributed by atoms with Crippen molar-refractivity contribution < 1.29 is 0 Å². The lowest BCUT2D eigenvalue weighted by Gasteiger charge is -2.09. The minimum Gasteiger partial charge on any atom is -0.319 e. The Labute approximate surface area is 150 Å². The number of thiophene rings is 1. The summed E-state index contributed by atoms with van der Waals surface area (Å²) in [4.78, 5) is 6.07. The minimum absolute atomic E-state index is 0.684. The van der Waals surface area contributed by atoms with E-state index in [1.165, 1.54) is 16.0 Å². The fraction of sp³-hybridized carbons (Fsp3) is 0.143. The number of aryl methyl sites for hydroxylation is 2. The summed E-state index contributed by atoms with van der Waals surface area (Å²) >= 11 is 1.70. The molecule has 0 saturated carbocycles. The number of nitrogens with zero attached hydrogens (tertiary/aromatic N) is 3. The standard InChI is InChI=1S/C21H17N3S/c1-14-10-18-19(11-15(14)2)24(21(23-18)20-4-3-9-25-20)13-17-7-5-16(12-22)6-8-17/h3-11H,13H2,1-2H3. The quantitative estimate of drug-likeness (QED) is 0.506. The lowest BCUT2D eigenvalue weighted by Crippen LogP contribution is -2.02. The van der Waals surface area contributed by atoms with Crippen LogP contribution in [0.3, 0.4) is 0 Å². The first-order chi connectivity index (χ1) is 12.2. The first-order valence-electron chi connectivity index (χ1n) is 8.16. The van der Waals surface area contributed by atoms with Gasteiger partial charge in [-0.3, -0.25) is 0 Å². The van der Waals surface area contributed by atoms with Crippen molar-refractivity contribution in [3.63, 3.8) is 0 Å². The molecule has 0 spiro atoms. The summed E-state index contributed by atoms with van der Waals surface area (Å²) in [6, 6.07) is 18.5.